The Kier molecular flexibility index (Phi) is 8.09. The molecule has 4 aromatic rings. The van der Waals surface area contributed by atoms with Crippen LogP contribution in [0.2, 0.25) is 0 Å². The van der Waals surface area contributed by atoms with Crippen molar-refractivity contribution in [3.8, 4) is 11.3 Å². The van der Waals surface area contributed by atoms with Crippen LogP contribution in [0.5, 0.6) is 0 Å². The minimum atomic E-state index is -3.99. The Morgan fingerprint density at radius 1 is 0.895 bits per heavy atom. The van der Waals surface area contributed by atoms with Crippen LogP contribution in [0.4, 0.5) is 0 Å². The van der Waals surface area contributed by atoms with Crippen LogP contribution in [0.15, 0.2) is 76.0 Å². The Balaban J connectivity index is 1.64. The highest BCUT2D eigenvalue weighted by atomic mass is 32.2. The van der Waals surface area contributed by atoms with Crippen molar-refractivity contribution in [1.29, 1.82) is 0 Å². The Morgan fingerprint density at radius 2 is 1.50 bits per heavy atom. The number of fused-ring (bicyclic) bond motifs is 1. The van der Waals surface area contributed by atoms with Crippen LogP contribution in [0.3, 0.4) is 0 Å². The molecule has 0 fully saturated rings. The molecule has 0 saturated carbocycles. The maximum Gasteiger partial charge on any atom is 0.264 e. The Hall–Kier alpha value is -3.42. The summed E-state index contributed by atoms with van der Waals surface area (Å²) in [5.74, 6) is 0.468. The zero-order valence-corrected chi connectivity index (χ0v) is 23.7. The van der Waals surface area contributed by atoms with E-state index in [1.165, 1.54) is 12.1 Å². The number of nitrogens with one attached hydrogen (secondary N) is 1. The van der Waals surface area contributed by atoms with E-state index in [9.17, 15) is 13.2 Å². The molecule has 3 aromatic carbocycles. The second-order valence-corrected chi connectivity index (χ2v) is 12.4. The third-order valence-corrected chi connectivity index (χ3v) is 7.98. The van der Waals surface area contributed by atoms with Crippen LogP contribution < -0.4 is 4.72 Å². The Morgan fingerprint density at radius 3 is 2.05 bits per heavy atom. The topological polar surface area (TPSA) is 79.6 Å². The Labute approximate surface area is 225 Å². The number of carbonyl (C=O) groups is 1. The number of hydrogen-bond acceptors (Lipinski definition) is 5. The average Bonchev–Trinajstić information content (AvgIpc) is 3.27. The molecule has 1 aromatic heterocycles. The number of para-hydroxylation sites is 1. The summed E-state index contributed by atoms with van der Waals surface area (Å²) in [6, 6.07) is 20.7. The van der Waals surface area contributed by atoms with Crippen molar-refractivity contribution in [2.24, 2.45) is 0 Å². The molecule has 38 heavy (non-hydrogen) atoms. The second-order valence-electron chi connectivity index (χ2n) is 10.7. The minimum Gasteiger partial charge on any atom is -0.456 e. The van der Waals surface area contributed by atoms with Crippen LogP contribution in [-0.2, 0) is 27.8 Å². The largest absolute Gasteiger partial charge is 0.456 e. The number of rotatable bonds is 9. The van der Waals surface area contributed by atoms with E-state index in [4.69, 9.17) is 4.42 Å². The van der Waals surface area contributed by atoms with E-state index >= 15 is 0 Å². The molecule has 0 aliphatic carbocycles. The summed E-state index contributed by atoms with van der Waals surface area (Å²) in [5, 5.41) is 1.03. The van der Waals surface area contributed by atoms with Crippen molar-refractivity contribution in [3.05, 3.63) is 89.0 Å². The average molecular weight is 533 g/mol. The predicted octanol–water partition coefficient (Wildman–Crippen LogP) is 6.46. The van der Waals surface area contributed by atoms with Gasteiger partial charge in [0.15, 0.2) is 0 Å². The van der Waals surface area contributed by atoms with E-state index in [1.807, 2.05) is 49.3 Å². The van der Waals surface area contributed by atoms with Crippen LogP contribution in [0, 0.1) is 0 Å². The van der Waals surface area contributed by atoms with Crippen molar-refractivity contribution in [1.82, 2.24) is 9.62 Å². The molecule has 0 saturated heterocycles. The zero-order valence-electron chi connectivity index (χ0n) is 22.9. The van der Waals surface area contributed by atoms with Gasteiger partial charge in [-0.2, -0.15) is 0 Å². The lowest BCUT2D eigenvalue weighted by atomic mass is 9.84. The number of amides is 1. The van der Waals surface area contributed by atoms with Gasteiger partial charge in [-0.3, -0.25) is 4.79 Å². The SMILES string of the molecule is CC(C)c1cc(-c2cc3ccccc3o2)cc(C(C)C)c1CC(=O)NS(=O)(=O)c1ccc(CN(C)C)cc1. The molecule has 1 amide bonds. The summed E-state index contributed by atoms with van der Waals surface area (Å²) in [5.41, 5.74) is 5.64. The summed E-state index contributed by atoms with van der Waals surface area (Å²) >= 11 is 0. The lowest BCUT2D eigenvalue weighted by molar-refractivity contribution is -0.118. The van der Waals surface area contributed by atoms with Crippen LogP contribution in [0.1, 0.15) is 61.8 Å². The number of hydrogen-bond donors (Lipinski definition) is 1. The summed E-state index contributed by atoms with van der Waals surface area (Å²) < 4.78 is 34.4. The van der Waals surface area contributed by atoms with E-state index in [0.29, 0.717) is 6.54 Å². The molecular formula is C31H36N2O4S. The van der Waals surface area contributed by atoms with E-state index in [2.05, 4.69) is 44.5 Å². The van der Waals surface area contributed by atoms with Gasteiger partial charge in [0.05, 0.1) is 11.3 Å². The van der Waals surface area contributed by atoms with Gasteiger partial charge in [0, 0.05) is 17.5 Å². The lowest BCUT2D eigenvalue weighted by Crippen LogP contribution is -2.32. The van der Waals surface area contributed by atoms with Gasteiger partial charge in [0.1, 0.15) is 11.3 Å². The van der Waals surface area contributed by atoms with E-state index in [-0.39, 0.29) is 23.2 Å². The smallest absolute Gasteiger partial charge is 0.264 e. The molecule has 0 unspecified atom stereocenters. The number of furan rings is 1. The van der Waals surface area contributed by atoms with Crippen molar-refractivity contribution in [3.63, 3.8) is 0 Å². The van der Waals surface area contributed by atoms with Crippen LogP contribution >= 0.6 is 0 Å². The summed E-state index contributed by atoms with van der Waals surface area (Å²) in [6.07, 6.45) is -0.0284. The van der Waals surface area contributed by atoms with E-state index < -0.39 is 15.9 Å². The van der Waals surface area contributed by atoms with Crippen LogP contribution in [0.25, 0.3) is 22.3 Å². The molecule has 0 aliphatic heterocycles. The van der Waals surface area contributed by atoms with Gasteiger partial charge < -0.3 is 9.32 Å². The number of carbonyl (C=O) groups excluding carboxylic acids is 1. The second kappa shape index (κ2) is 11.1. The molecule has 0 bridgehead atoms. The van der Waals surface area contributed by atoms with Crippen molar-refractivity contribution >= 4 is 26.9 Å². The van der Waals surface area contributed by atoms with Gasteiger partial charge in [-0.15, -0.1) is 0 Å². The fourth-order valence-electron chi connectivity index (χ4n) is 4.76. The van der Waals surface area contributed by atoms with Gasteiger partial charge in [0.25, 0.3) is 10.0 Å². The quantitative estimate of drug-likeness (QED) is 0.268. The maximum absolute atomic E-state index is 13.1. The fourth-order valence-corrected chi connectivity index (χ4v) is 5.75. The monoisotopic (exact) mass is 532 g/mol. The number of sulfonamides is 1. The van der Waals surface area contributed by atoms with E-state index in [0.717, 1.165) is 44.5 Å². The van der Waals surface area contributed by atoms with Gasteiger partial charge >= 0.3 is 0 Å². The fraction of sp³-hybridized carbons (Fsp3) is 0.323. The highest BCUT2D eigenvalue weighted by molar-refractivity contribution is 7.90. The normalized spacial score (nSPS) is 12.1. The summed E-state index contributed by atoms with van der Waals surface area (Å²) in [4.78, 5) is 15.2. The first-order chi connectivity index (χ1) is 17.9. The zero-order chi connectivity index (χ0) is 27.6. The van der Waals surface area contributed by atoms with Gasteiger partial charge in [-0.05, 0) is 84.6 Å². The first-order valence-corrected chi connectivity index (χ1v) is 14.4. The highest BCUT2D eigenvalue weighted by Crippen LogP contribution is 2.36. The predicted molar refractivity (Wildman–Crippen MR) is 153 cm³/mol. The molecule has 0 aliphatic rings. The maximum atomic E-state index is 13.1. The first-order valence-electron chi connectivity index (χ1n) is 12.9. The summed E-state index contributed by atoms with van der Waals surface area (Å²) in [6.45, 7) is 9.02. The van der Waals surface area contributed by atoms with Crippen LogP contribution in [-0.4, -0.2) is 33.3 Å². The molecule has 4 rings (SSSR count). The number of nitrogens with zero attached hydrogens (tertiary/aromatic N) is 1. The van der Waals surface area contributed by atoms with Crippen molar-refractivity contribution in [2.75, 3.05) is 14.1 Å². The van der Waals surface area contributed by atoms with Crippen molar-refractivity contribution in [2.45, 2.75) is 57.4 Å². The third kappa shape index (κ3) is 6.17. The number of benzene rings is 3. The minimum absolute atomic E-state index is 0.0284. The van der Waals surface area contributed by atoms with Crippen molar-refractivity contribution < 1.29 is 17.6 Å². The standard InChI is InChI=1S/C31H36N2O4S/c1-20(2)26-15-24(30-17-23-9-7-8-10-29(23)37-30)16-27(21(3)4)28(26)18-31(34)32-38(35,36)25-13-11-22(12-14-25)19-33(5)6/h7-17,20-21H,18-19H2,1-6H3,(H,32,34). The molecule has 6 nitrogen and oxygen atoms in total. The molecule has 200 valence electrons. The summed E-state index contributed by atoms with van der Waals surface area (Å²) in [7, 11) is -0.0865. The lowest BCUT2D eigenvalue weighted by Gasteiger charge is -2.21. The Bertz CT molecular complexity index is 1490. The van der Waals surface area contributed by atoms with Gasteiger partial charge in [-0.25, -0.2) is 13.1 Å². The molecule has 0 atom stereocenters. The third-order valence-electron chi connectivity index (χ3n) is 6.59. The van der Waals surface area contributed by atoms with E-state index in [1.54, 1.807) is 12.1 Å². The highest BCUT2D eigenvalue weighted by Gasteiger charge is 2.23. The van der Waals surface area contributed by atoms with Gasteiger partial charge in [0.2, 0.25) is 5.91 Å². The molecule has 1 heterocycles. The molecular weight excluding hydrogens is 496 g/mol. The molecule has 0 spiro atoms. The first kappa shape index (κ1) is 27.6. The molecule has 7 heteroatoms. The molecule has 1 N–H and O–H groups in total. The van der Waals surface area contributed by atoms with Gasteiger partial charge in [-0.1, -0.05) is 58.0 Å². The molecule has 0 radical (unpaired) electrons.